The first-order chi connectivity index (χ1) is 13.7. The molecule has 4 aromatic rings. The number of nitrogens with zero attached hydrogens (tertiary/aromatic N) is 3. The highest BCUT2D eigenvalue weighted by Crippen LogP contribution is 2.25. The molecule has 0 bridgehead atoms. The highest BCUT2D eigenvalue weighted by molar-refractivity contribution is 7.16. The lowest BCUT2D eigenvalue weighted by Crippen LogP contribution is -2.29. The Morgan fingerprint density at radius 3 is 2.93 bits per heavy atom. The van der Waals surface area contributed by atoms with Gasteiger partial charge in [-0.25, -0.2) is 4.98 Å². The highest BCUT2D eigenvalue weighted by atomic mass is 32.1. The van der Waals surface area contributed by atoms with Gasteiger partial charge in [0.15, 0.2) is 0 Å². The van der Waals surface area contributed by atoms with E-state index in [-0.39, 0.29) is 11.8 Å². The maximum Gasteiger partial charge on any atom is 0.254 e. The summed E-state index contributed by atoms with van der Waals surface area (Å²) < 4.78 is 1.00. The van der Waals surface area contributed by atoms with Gasteiger partial charge in [0.1, 0.15) is 0 Å². The molecule has 0 saturated carbocycles. The Kier molecular flexibility index (Phi) is 4.30. The molecular weight excluding hydrogens is 370 g/mol. The summed E-state index contributed by atoms with van der Waals surface area (Å²) in [4.78, 5) is 23.6. The zero-order chi connectivity index (χ0) is 19.1. The van der Waals surface area contributed by atoms with Gasteiger partial charge < -0.3 is 10.0 Å². The van der Waals surface area contributed by atoms with Crippen LogP contribution >= 0.6 is 11.3 Å². The number of aliphatic hydroxyl groups excluding tert-OH is 1. The molecule has 1 N–H and O–H groups in total. The number of aliphatic hydroxyl groups is 1. The molecule has 6 heteroatoms. The maximum absolute atomic E-state index is 12.9. The van der Waals surface area contributed by atoms with E-state index >= 15 is 0 Å². The second kappa shape index (κ2) is 6.96. The number of carbonyl (C=O) groups is 1. The SMILES string of the molecule is O=C(c1ccc2ncsc2c1)N1C[C@@H](Cc2ccc3ccccc3n2)[C@H](O)C1. The van der Waals surface area contributed by atoms with Gasteiger partial charge >= 0.3 is 0 Å². The predicted molar refractivity (Wildman–Crippen MR) is 110 cm³/mol. The summed E-state index contributed by atoms with van der Waals surface area (Å²) >= 11 is 1.53. The Hall–Kier alpha value is -2.83. The zero-order valence-corrected chi connectivity index (χ0v) is 16.0. The van der Waals surface area contributed by atoms with Gasteiger partial charge in [-0.1, -0.05) is 24.3 Å². The molecule has 140 valence electrons. The van der Waals surface area contributed by atoms with Crippen LogP contribution in [0.5, 0.6) is 0 Å². The normalized spacial score (nSPS) is 19.5. The van der Waals surface area contributed by atoms with Crippen LogP contribution in [0.1, 0.15) is 16.1 Å². The van der Waals surface area contributed by atoms with E-state index in [1.807, 2.05) is 48.5 Å². The maximum atomic E-state index is 12.9. The summed E-state index contributed by atoms with van der Waals surface area (Å²) in [6, 6.07) is 17.7. The Morgan fingerprint density at radius 2 is 2.00 bits per heavy atom. The van der Waals surface area contributed by atoms with Crippen LogP contribution in [0.15, 0.2) is 60.1 Å². The van der Waals surface area contributed by atoms with Crippen LogP contribution in [-0.2, 0) is 6.42 Å². The third-order valence-corrected chi connectivity index (χ3v) is 6.19. The monoisotopic (exact) mass is 389 g/mol. The number of thiazole rings is 1. The molecule has 0 unspecified atom stereocenters. The first-order valence-electron chi connectivity index (χ1n) is 9.32. The van der Waals surface area contributed by atoms with Gasteiger partial charge in [0.25, 0.3) is 5.91 Å². The Morgan fingerprint density at radius 1 is 1.11 bits per heavy atom. The van der Waals surface area contributed by atoms with Gasteiger partial charge in [-0.15, -0.1) is 11.3 Å². The molecule has 2 aromatic carbocycles. The van der Waals surface area contributed by atoms with Crippen molar-refractivity contribution < 1.29 is 9.90 Å². The summed E-state index contributed by atoms with van der Waals surface area (Å²) in [5.74, 6) is -0.0481. The van der Waals surface area contributed by atoms with Crippen LogP contribution in [-0.4, -0.2) is 45.1 Å². The fourth-order valence-corrected chi connectivity index (χ4v) is 4.60. The summed E-state index contributed by atoms with van der Waals surface area (Å²) in [5.41, 5.74) is 5.24. The van der Waals surface area contributed by atoms with Crippen LogP contribution < -0.4 is 0 Å². The van der Waals surface area contributed by atoms with Crippen molar-refractivity contribution in [3.63, 3.8) is 0 Å². The van der Waals surface area contributed by atoms with E-state index in [0.29, 0.717) is 25.1 Å². The van der Waals surface area contributed by atoms with Crippen molar-refractivity contribution in [2.75, 3.05) is 13.1 Å². The van der Waals surface area contributed by atoms with E-state index in [4.69, 9.17) is 4.98 Å². The number of rotatable bonds is 3. The molecule has 1 saturated heterocycles. The molecule has 1 aliphatic heterocycles. The molecule has 2 aromatic heterocycles. The highest BCUT2D eigenvalue weighted by Gasteiger charge is 2.34. The zero-order valence-electron chi connectivity index (χ0n) is 15.2. The summed E-state index contributed by atoms with van der Waals surface area (Å²) in [7, 11) is 0. The minimum Gasteiger partial charge on any atom is -0.391 e. The van der Waals surface area contributed by atoms with Gasteiger partial charge in [0.05, 0.1) is 27.3 Å². The van der Waals surface area contributed by atoms with Crippen LogP contribution in [0, 0.1) is 5.92 Å². The number of pyridine rings is 1. The minimum atomic E-state index is -0.538. The molecule has 5 nitrogen and oxygen atoms in total. The summed E-state index contributed by atoms with van der Waals surface area (Å²) in [6.45, 7) is 0.896. The average molecular weight is 389 g/mol. The topological polar surface area (TPSA) is 66.3 Å². The number of aromatic nitrogens is 2. The molecule has 1 aliphatic rings. The Bertz CT molecular complexity index is 1170. The smallest absolute Gasteiger partial charge is 0.254 e. The van der Waals surface area contributed by atoms with Crippen molar-refractivity contribution in [1.29, 1.82) is 0 Å². The van der Waals surface area contributed by atoms with Crippen molar-refractivity contribution in [3.05, 3.63) is 71.4 Å². The number of amides is 1. The standard InChI is InChI=1S/C22H19N3O2S/c26-20-12-25(22(27)15-6-8-19-21(10-15)28-13-23-19)11-16(20)9-17-7-5-14-3-1-2-4-18(14)24-17/h1-8,10,13,16,20,26H,9,11-12H2/t16-,20-/m1/s1. The van der Waals surface area contributed by atoms with Gasteiger partial charge in [-0.2, -0.15) is 0 Å². The van der Waals surface area contributed by atoms with E-state index in [9.17, 15) is 9.90 Å². The van der Waals surface area contributed by atoms with Crippen molar-refractivity contribution in [2.45, 2.75) is 12.5 Å². The lowest BCUT2D eigenvalue weighted by molar-refractivity contribution is 0.0765. The van der Waals surface area contributed by atoms with E-state index in [0.717, 1.165) is 26.8 Å². The lowest BCUT2D eigenvalue weighted by Gasteiger charge is -2.16. The first kappa shape index (κ1) is 17.3. The molecule has 1 amide bonds. The summed E-state index contributed by atoms with van der Waals surface area (Å²) in [5, 5.41) is 11.6. The molecule has 2 atom stereocenters. The number of para-hydroxylation sites is 1. The van der Waals surface area contributed by atoms with Crippen molar-refractivity contribution in [3.8, 4) is 0 Å². The Balaban J connectivity index is 1.33. The Labute approximate surface area is 166 Å². The fourth-order valence-electron chi connectivity index (χ4n) is 3.88. The minimum absolute atomic E-state index is 0.00949. The first-order valence-corrected chi connectivity index (χ1v) is 10.2. The number of hydrogen-bond donors (Lipinski definition) is 1. The number of β-amino-alcohol motifs (C(OH)–C–C–N with tert-alkyl or cyclic N) is 1. The number of likely N-dealkylation sites (tertiary alicyclic amines) is 1. The molecule has 3 heterocycles. The molecule has 5 rings (SSSR count). The lowest BCUT2D eigenvalue weighted by atomic mass is 9.99. The van der Waals surface area contributed by atoms with Crippen molar-refractivity contribution in [1.82, 2.24) is 14.9 Å². The van der Waals surface area contributed by atoms with Crippen molar-refractivity contribution >= 4 is 38.4 Å². The van der Waals surface area contributed by atoms with Crippen LogP contribution in [0.3, 0.4) is 0 Å². The largest absolute Gasteiger partial charge is 0.391 e. The number of benzene rings is 2. The molecule has 1 fully saturated rings. The van der Waals surface area contributed by atoms with Crippen LogP contribution in [0.4, 0.5) is 0 Å². The second-order valence-corrected chi connectivity index (χ2v) is 8.16. The number of fused-ring (bicyclic) bond motifs is 2. The van der Waals surface area contributed by atoms with E-state index < -0.39 is 6.10 Å². The molecule has 0 radical (unpaired) electrons. The molecule has 0 spiro atoms. The molecule has 28 heavy (non-hydrogen) atoms. The number of carbonyl (C=O) groups excluding carboxylic acids is 1. The average Bonchev–Trinajstić information content (AvgIpc) is 3.33. The summed E-state index contributed by atoms with van der Waals surface area (Å²) in [6.07, 6.45) is 0.119. The van der Waals surface area contributed by atoms with E-state index in [1.54, 1.807) is 10.4 Å². The molecular formula is C22H19N3O2S. The molecule has 0 aliphatic carbocycles. The van der Waals surface area contributed by atoms with Crippen LogP contribution in [0.25, 0.3) is 21.1 Å². The third kappa shape index (κ3) is 3.15. The third-order valence-electron chi connectivity index (χ3n) is 5.40. The van der Waals surface area contributed by atoms with Gasteiger partial charge in [-0.05, 0) is 36.8 Å². The number of hydrogen-bond acceptors (Lipinski definition) is 5. The van der Waals surface area contributed by atoms with Crippen LogP contribution in [0.2, 0.25) is 0 Å². The fraction of sp³-hybridized carbons (Fsp3) is 0.227. The van der Waals surface area contributed by atoms with E-state index in [1.165, 1.54) is 11.3 Å². The quantitative estimate of drug-likeness (QED) is 0.582. The predicted octanol–water partition coefficient (Wildman–Crippen LogP) is 3.52. The van der Waals surface area contributed by atoms with Gasteiger partial charge in [-0.3, -0.25) is 9.78 Å². The second-order valence-electron chi connectivity index (χ2n) is 7.27. The van der Waals surface area contributed by atoms with Gasteiger partial charge in [0, 0.05) is 35.7 Å². The van der Waals surface area contributed by atoms with Crippen molar-refractivity contribution in [2.24, 2.45) is 5.92 Å². The van der Waals surface area contributed by atoms with E-state index in [2.05, 4.69) is 11.1 Å². The van der Waals surface area contributed by atoms with Gasteiger partial charge in [0.2, 0.25) is 0 Å².